The van der Waals surface area contributed by atoms with Gasteiger partial charge in [-0.05, 0) is 45.4 Å². The minimum atomic E-state index is 0.729. The Morgan fingerprint density at radius 1 is 0.875 bits per heavy atom. The molecule has 1 aliphatic heterocycles. The second-order valence-corrected chi connectivity index (χ2v) is 5.90. The molecule has 2 fully saturated rings. The largest absolute Gasteiger partial charge is 0.254 e. The molecule has 94 valence electrons. The zero-order valence-electron chi connectivity index (χ0n) is 11.0. The van der Waals surface area contributed by atoms with Gasteiger partial charge in [0, 0.05) is 18.6 Å². The summed E-state index contributed by atoms with van der Waals surface area (Å²) >= 11 is 0. The number of hydrogen-bond acceptors (Lipinski definition) is 2. The first-order valence-corrected chi connectivity index (χ1v) is 7.29. The Labute approximate surface area is 101 Å². The summed E-state index contributed by atoms with van der Waals surface area (Å²) in [6, 6.07) is 1.46. The van der Waals surface area contributed by atoms with Crippen molar-refractivity contribution in [3.8, 4) is 0 Å². The minimum Gasteiger partial charge on any atom is -0.254 e. The van der Waals surface area contributed by atoms with E-state index in [1.807, 2.05) is 0 Å². The second kappa shape index (κ2) is 6.02. The van der Waals surface area contributed by atoms with Crippen molar-refractivity contribution in [3.63, 3.8) is 0 Å². The van der Waals surface area contributed by atoms with Gasteiger partial charge in [-0.2, -0.15) is 0 Å². The fourth-order valence-corrected chi connectivity index (χ4v) is 3.36. The quantitative estimate of drug-likeness (QED) is 0.791. The fourth-order valence-electron chi connectivity index (χ4n) is 3.36. The molecular weight excluding hydrogens is 196 g/mol. The van der Waals surface area contributed by atoms with Gasteiger partial charge < -0.3 is 0 Å². The lowest BCUT2D eigenvalue weighted by Crippen LogP contribution is -2.53. The molecule has 0 radical (unpaired) electrons. The number of piperidine rings is 1. The molecule has 0 spiro atoms. The van der Waals surface area contributed by atoms with Crippen LogP contribution in [0.4, 0.5) is 0 Å². The van der Waals surface area contributed by atoms with E-state index >= 15 is 0 Å². The minimum absolute atomic E-state index is 0.729. The summed E-state index contributed by atoms with van der Waals surface area (Å²) in [4.78, 5) is 0. The van der Waals surface area contributed by atoms with Crippen LogP contribution in [0.2, 0.25) is 0 Å². The van der Waals surface area contributed by atoms with Gasteiger partial charge in [0.1, 0.15) is 0 Å². The lowest BCUT2D eigenvalue weighted by Gasteiger charge is -2.40. The third-order valence-corrected chi connectivity index (χ3v) is 4.48. The van der Waals surface area contributed by atoms with Crippen LogP contribution in [0.25, 0.3) is 0 Å². The molecule has 2 rings (SSSR count). The molecule has 1 saturated heterocycles. The lowest BCUT2D eigenvalue weighted by atomic mass is 9.89. The summed E-state index contributed by atoms with van der Waals surface area (Å²) in [5.74, 6) is 0.940. The van der Waals surface area contributed by atoms with Crippen LogP contribution in [0.1, 0.15) is 65.2 Å². The highest BCUT2D eigenvalue weighted by Crippen LogP contribution is 2.24. The summed E-state index contributed by atoms with van der Waals surface area (Å²) in [6.45, 7) is 5.95. The van der Waals surface area contributed by atoms with E-state index in [-0.39, 0.29) is 0 Å². The van der Waals surface area contributed by atoms with E-state index in [4.69, 9.17) is 0 Å². The standard InChI is InChI=1S/C14H28N2/c1-12-7-6-8-13(2)16(12)15-11-14-9-4-3-5-10-14/h12-15H,3-11H2,1-2H3. The molecule has 2 atom stereocenters. The van der Waals surface area contributed by atoms with Crippen molar-refractivity contribution in [2.75, 3.05) is 6.54 Å². The van der Waals surface area contributed by atoms with Gasteiger partial charge in [0.25, 0.3) is 0 Å². The average Bonchev–Trinajstić information content (AvgIpc) is 2.30. The van der Waals surface area contributed by atoms with Gasteiger partial charge in [0.15, 0.2) is 0 Å². The Kier molecular flexibility index (Phi) is 4.66. The van der Waals surface area contributed by atoms with Gasteiger partial charge in [0.2, 0.25) is 0 Å². The Morgan fingerprint density at radius 2 is 1.50 bits per heavy atom. The molecule has 1 aliphatic carbocycles. The molecule has 0 aromatic heterocycles. The van der Waals surface area contributed by atoms with Crippen LogP contribution in [0.3, 0.4) is 0 Å². The molecule has 0 aromatic carbocycles. The number of nitrogens with one attached hydrogen (secondary N) is 1. The summed E-state index contributed by atoms with van der Waals surface area (Å²) in [5.41, 5.74) is 3.72. The van der Waals surface area contributed by atoms with Crippen molar-refractivity contribution < 1.29 is 0 Å². The summed E-state index contributed by atoms with van der Waals surface area (Å²) < 4.78 is 0. The average molecular weight is 224 g/mol. The highest BCUT2D eigenvalue weighted by atomic mass is 15.5. The van der Waals surface area contributed by atoms with E-state index in [1.54, 1.807) is 0 Å². The summed E-state index contributed by atoms with van der Waals surface area (Å²) in [7, 11) is 0. The SMILES string of the molecule is CC1CCCC(C)N1NCC1CCCCC1. The van der Waals surface area contributed by atoms with Gasteiger partial charge in [-0.1, -0.05) is 25.7 Å². The normalized spacial score (nSPS) is 34.1. The van der Waals surface area contributed by atoms with Crippen LogP contribution in [0.15, 0.2) is 0 Å². The molecule has 2 aliphatic rings. The van der Waals surface area contributed by atoms with E-state index in [0.717, 1.165) is 18.0 Å². The van der Waals surface area contributed by atoms with Gasteiger partial charge >= 0.3 is 0 Å². The highest BCUT2D eigenvalue weighted by Gasteiger charge is 2.25. The molecule has 1 N–H and O–H groups in total. The lowest BCUT2D eigenvalue weighted by molar-refractivity contribution is 0.0381. The zero-order chi connectivity index (χ0) is 11.4. The van der Waals surface area contributed by atoms with Crippen LogP contribution in [0.5, 0.6) is 0 Å². The van der Waals surface area contributed by atoms with Gasteiger partial charge in [-0.15, -0.1) is 0 Å². The third kappa shape index (κ3) is 3.21. The maximum Gasteiger partial charge on any atom is 0.0218 e. The number of hydrazine groups is 1. The van der Waals surface area contributed by atoms with Crippen molar-refractivity contribution in [3.05, 3.63) is 0 Å². The van der Waals surface area contributed by atoms with E-state index in [2.05, 4.69) is 24.3 Å². The molecule has 0 amide bonds. The first kappa shape index (κ1) is 12.4. The van der Waals surface area contributed by atoms with Gasteiger partial charge in [-0.3, -0.25) is 5.43 Å². The van der Waals surface area contributed by atoms with E-state index in [1.165, 1.54) is 57.9 Å². The Hall–Kier alpha value is -0.0800. The van der Waals surface area contributed by atoms with Crippen LogP contribution < -0.4 is 5.43 Å². The zero-order valence-corrected chi connectivity index (χ0v) is 11.0. The molecule has 0 bridgehead atoms. The van der Waals surface area contributed by atoms with Gasteiger partial charge in [-0.25, -0.2) is 5.01 Å². The molecule has 0 aromatic rings. The Morgan fingerprint density at radius 3 is 2.12 bits per heavy atom. The van der Waals surface area contributed by atoms with Crippen molar-refractivity contribution in [1.82, 2.24) is 10.4 Å². The van der Waals surface area contributed by atoms with Crippen molar-refractivity contribution in [2.24, 2.45) is 5.92 Å². The smallest absolute Gasteiger partial charge is 0.0218 e. The number of hydrogen-bond donors (Lipinski definition) is 1. The van der Waals surface area contributed by atoms with Crippen LogP contribution in [-0.4, -0.2) is 23.6 Å². The topological polar surface area (TPSA) is 15.3 Å². The number of rotatable bonds is 3. The molecular formula is C14H28N2. The summed E-state index contributed by atoms with van der Waals surface area (Å²) in [5, 5.41) is 2.53. The first-order valence-electron chi connectivity index (χ1n) is 7.29. The molecule has 2 heteroatoms. The molecule has 2 nitrogen and oxygen atoms in total. The van der Waals surface area contributed by atoms with Crippen LogP contribution in [0, 0.1) is 5.92 Å². The highest BCUT2D eigenvalue weighted by molar-refractivity contribution is 4.77. The second-order valence-electron chi connectivity index (χ2n) is 5.90. The molecule has 16 heavy (non-hydrogen) atoms. The maximum absolute atomic E-state index is 3.72. The molecule has 1 heterocycles. The van der Waals surface area contributed by atoms with Crippen molar-refractivity contribution in [2.45, 2.75) is 77.3 Å². The Bertz CT molecular complexity index is 189. The maximum atomic E-state index is 3.72. The first-order chi connectivity index (χ1) is 7.77. The van der Waals surface area contributed by atoms with E-state index in [0.29, 0.717) is 0 Å². The van der Waals surface area contributed by atoms with Crippen LogP contribution >= 0.6 is 0 Å². The van der Waals surface area contributed by atoms with Gasteiger partial charge in [0.05, 0.1) is 0 Å². The van der Waals surface area contributed by atoms with Crippen molar-refractivity contribution >= 4 is 0 Å². The van der Waals surface area contributed by atoms with Crippen molar-refractivity contribution in [1.29, 1.82) is 0 Å². The third-order valence-electron chi connectivity index (χ3n) is 4.48. The molecule has 2 unspecified atom stereocenters. The Balaban J connectivity index is 1.74. The van der Waals surface area contributed by atoms with Crippen LogP contribution in [-0.2, 0) is 0 Å². The molecule has 1 saturated carbocycles. The monoisotopic (exact) mass is 224 g/mol. The summed E-state index contributed by atoms with van der Waals surface area (Å²) in [6.07, 6.45) is 11.4. The predicted octanol–water partition coefficient (Wildman–Crippen LogP) is 3.33. The predicted molar refractivity (Wildman–Crippen MR) is 69.2 cm³/mol. The van der Waals surface area contributed by atoms with E-state index < -0.39 is 0 Å². The number of nitrogens with zero attached hydrogens (tertiary/aromatic N) is 1. The van der Waals surface area contributed by atoms with E-state index in [9.17, 15) is 0 Å². The fraction of sp³-hybridized carbons (Fsp3) is 1.00.